The van der Waals surface area contributed by atoms with E-state index in [4.69, 9.17) is 18.9 Å². The number of thioether (sulfide) groups is 1. The van der Waals surface area contributed by atoms with Gasteiger partial charge in [0.1, 0.15) is 0 Å². The van der Waals surface area contributed by atoms with Crippen molar-refractivity contribution in [3.8, 4) is 0 Å². The Kier molecular flexibility index (Phi) is 11.3. The van der Waals surface area contributed by atoms with E-state index in [1.165, 1.54) is 31.0 Å². The van der Waals surface area contributed by atoms with Crippen molar-refractivity contribution in [1.82, 2.24) is 5.32 Å². The van der Waals surface area contributed by atoms with Gasteiger partial charge in [-0.3, -0.25) is 0 Å². The molecular formula is C25H32F3NO6S. The average molecular weight is 532 g/mol. The van der Waals surface area contributed by atoms with Gasteiger partial charge in [-0.25, -0.2) is 9.59 Å². The predicted molar refractivity (Wildman–Crippen MR) is 130 cm³/mol. The summed E-state index contributed by atoms with van der Waals surface area (Å²) in [7, 11) is 1.17. The smallest absolute Gasteiger partial charge is 0.416 e. The van der Waals surface area contributed by atoms with Crippen LogP contribution in [0.15, 0.2) is 46.8 Å². The summed E-state index contributed by atoms with van der Waals surface area (Å²) in [6.45, 7) is 7.91. The summed E-state index contributed by atoms with van der Waals surface area (Å²) >= 11 is 1.41. The van der Waals surface area contributed by atoms with Crippen molar-refractivity contribution in [2.45, 2.75) is 46.1 Å². The maximum atomic E-state index is 13.5. The van der Waals surface area contributed by atoms with Crippen molar-refractivity contribution >= 4 is 23.7 Å². The van der Waals surface area contributed by atoms with Gasteiger partial charge in [0.15, 0.2) is 6.29 Å². The molecule has 1 heterocycles. The van der Waals surface area contributed by atoms with Gasteiger partial charge in [-0.05, 0) is 39.3 Å². The second-order valence-electron chi connectivity index (χ2n) is 7.68. The molecule has 0 radical (unpaired) electrons. The summed E-state index contributed by atoms with van der Waals surface area (Å²) in [6.07, 6.45) is -5.06. The first-order valence-corrected chi connectivity index (χ1v) is 12.7. The number of esters is 2. The van der Waals surface area contributed by atoms with E-state index >= 15 is 0 Å². The Balaban J connectivity index is 2.59. The van der Waals surface area contributed by atoms with Crippen LogP contribution >= 0.6 is 11.8 Å². The minimum absolute atomic E-state index is 0.0372. The van der Waals surface area contributed by atoms with Crippen LogP contribution in [0.4, 0.5) is 13.2 Å². The molecule has 0 fully saturated rings. The van der Waals surface area contributed by atoms with Gasteiger partial charge in [-0.15, -0.1) is 0 Å². The fourth-order valence-electron chi connectivity index (χ4n) is 3.84. The van der Waals surface area contributed by atoms with E-state index in [1.807, 2.05) is 13.8 Å². The average Bonchev–Trinajstić information content (AvgIpc) is 2.83. The van der Waals surface area contributed by atoms with E-state index in [9.17, 15) is 22.8 Å². The van der Waals surface area contributed by atoms with Crippen molar-refractivity contribution in [3.63, 3.8) is 0 Å². The summed E-state index contributed by atoms with van der Waals surface area (Å²) < 4.78 is 61.8. The fourth-order valence-corrected chi connectivity index (χ4v) is 4.78. The molecule has 0 bridgehead atoms. The van der Waals surface area contributed by atoms with Crippen molar-refractivity contribution in [2.75, 3.05) is 38.4 Å². The molecule has 0 amide bonds. The molecule has 2 rings (SSSR count). The molecular weight excluding hydrogens is 499 g/mol. The second kappa shape index (κ2) is 13.7. The molecule has 0 aromatic heterocycles. The van der Waals surface area contributed by atoms with Gasteiger partial charge < -0.3 is 24.3 Å². The molecule has 11 heteroatoms. The van der Waals surface area contributed by atoms with Crippen LogP contribution in [0.25, 0.3) is 0 Å². The quantitative estimate of drug-likeness (QED) is 0.305. The summed E-state index contributed by atoms with van der Waals surface area (Å²) in [5, 5.41) is 3.09. The lowest BCUT2D eigenvalue weighted by Gasteiger charge is -2.31. The lowest BCUT2D eigenvalue weighted by Crippen LogP contribution is -2.34. The molecule has 1 aromatic carbocycles. The van der Waals surface area contributed by atoms with E-state index in [0.717, 1.165) is 12.1 Å². The topological polar surface area (TPSA) is 83.1 Å². The molecule has 1 aliphatic heterocycles. The Morgan fingerprint density at radius 1 is 1.06 bits per heavy atom. The van der Waals surface area contributed by atoms with Gasteiger partial charge >= 0.3 is 18.1 Å². The number of halogens is 3. The molecule has 1 aromatic rings. The van der Waals surface area contributed by atoms with Crippen LogP contribution < -0.4 is 5.32 Å². The first-order chi connectivity index (χ1) is 17.1. The van der Waals surface area contributed by atoms with Gasteiger partial charge in [0.25, 0.3) is 0 Å². The largest absolute Gasteiger partial charge is 0.466 e. The van der Waals surface area contributed by atoms with Crippen molar-refractivity contribution < 1.29 is 41.7 Å². The number of methoxy groups -OCH3 is 1. The molecule has 0 saturated heterocycles. The maximum Gasteiger partial charge on any atom is 0.416 e. The minimum atomic E-state index is -4.60. The van der Waals surface area contributed by atoms with E-state index in [-0.39, 0.29) is 29.1 Å². The zero-order valence-electron chi connectivity index (χ0n) is 21.0. The zero-order valence-corrected chi connectivity index (χ0v) is 21.8. The first-order valence-electron chi connectivity index (χ1n) is 11.5. The number of hydrogen-bond acceptors (Lipinski definition) is 8. The second-order valence-corrected chi connectivity index (χ2v) is 8.71. The third-order valence-corrected chi connectivity index (χ3v) is 6.30. The van der Waals surface area contributed by atoms with Crippen molar-refractivity contribution in [3.05, 3.63) is 57.9 Å². The van der Waals surface area contributed by atoms with Crippen LogP contribution in [-0.4, -0.2) is 56.7 Å². The Morgan fingerprint density at radius 3 is 2.28 bits per heavy atom. The molecule has 1 atom stereocenters. The highest BCUT2D eigenvalue weighted by atomic mass is 32.2. The monoisotopic (exact) mass is 531 g/mol. The number of ether oxygens (including phenoxy) is 4. The van der Waals surface area contributed by atoms with Gasteiger partial charge in [-0.1, -0.05) is 18.2 Å². The summed E-state index contributed by atoms with van der Waals surface area (Å²) in [5.41, 5.74) is 0.125. The van der Waals surface area contributed by atoms with Crippen LogP contribution in [0.5, 0.6) is 0 Å². The molecule has 0 spiro atoms. The summed E-state index contributed by atoms with van der Waals surface area (Å²) in [6, 6.07) is 4.57. The predicted octanol–water partition coefficient (Wildman–Crippen LogP) is 4.79. The van der Waals surface area contributed by atoms with Crippen LogP contribution in [-0.2, 0) is 34.7 Å². The number of dihydropyridines is 1. The first kappa shape index (κ1) is 29.7. The number of carbonyl (C=O) groups excluding carboxylic acids is 2. The van der Waals surface area contributed by atoms with Gasteiger partial charge in [0.2, 0.25) is 0 Å². The van der Waals surface area contributed by atoms with Crippen LogP contribution in [0.1, 0.15) is 44.7 Å². The Bertz CT molecular complexity index is 986. The molecule has 200 valence electrons. The molecule has 0 saturated carbocycles. The molecule has 1 N–H and O–H groups in total. The number of alkyl halides is 3. The third-order valence-electron chi connectivity index (χ3n) is 5.30. The van der Waals surface area contributed by atoms with Gasteiger partial charge in [-0.2, -0.15) is 24.9 Å². The third kappa shape index (κ3) is 7.50. The van der Waals surface area contributed by atoms with Crippen LogP contribution in [0, 0.1) is 0 Å². The summed E-state index contributed by atoms with van der Waals surface area (Å²) in [4.78, 5) is 25.9. The van der Waals surface area contributed by atoms with Gasteiger partial charge in [0.05, 0.1) is 36.3 Å². The highest BCUT2D eigenvalue weighted by Gasteiger charge is 2.40. The van der Waals surface area contributed by atoms with E-state index in [2.05, 4.69) is 5.32 Å². The number of rotatable bonds is 12. The van der Waals surface area contributed by atoms with E-state index in [0.29, 0.717) is 30.4 Å². The minimum Gasteiger partial charge on any atom is -0.466 e. The van der Waals surface area contributed by atoms with Gasteiger partial charge in [0, 0.05) is 36.1 Å². The van der Waals surface area contributed by atoms with E-state index < -0.39 is 35.9 Å². The number of nitrogens with one attached hydrogen (secondary N) is 1. The van der Waals surface area contributed by atoms with Crippen molar-refractivity contribution in [2.24, 2.45) is 0 Å². The standard InChI is InChI=1S/C25H32F3NO6S/c1-6-33-19(34-7-2)14-36-13-18-22(24(31)35-8-3)21(20(15(4)29-18)23(30)32-5)16-10-9-11-17(12-16)25(26,27)28/h9-12,19,21,29H,6-8,13-14H2,1-5H3. The van der Waals surface area contributed by atoms with Crippen molar-refractivity contribution in [1.29, 1.82) is 0 Å². The molecule has 1 unspecified atom stereocenters. The van der Waals surface area contributed by atoms with Crippen LogP contribution in [0.3, 0.4) is 0 Å². The SMILES string of the molecule is CCOC(=O)C1=C(CSCC(OCC)OCC)NC(C)=C(C(=O)OC)C1c1cccc(C(F)(F)F)c1. The summed E-state index contributed by atoms with van der Waals surface area (Å²) in [5.74, 6) is -1.90. The Labute approximate surface area is 213 Å². The highest BCUT2D eigenvalue weighted by Crippen LogP contribution is 2.41. The lowest BCUT2D eigenvalue weighted by atomic mass is 9.80. The fraction of sp³-hybridized carbons (Fsp3) is 0.520. The van der Waals surface area contributed by atoms with Crippen LogP contribution in [0.2, 0.25) is 0 Å². The Morgan fingerprint density at radius 2 is 1.72 bits per heavy atom. The highest BCUT2D eigenvalue weighted by molar-refractivity contribution is 7.99. The Hall–Kier alpha value is -2.50. The van der Waals surface area contributed by atoms with E-state index in [1.54, 1.807) is 13.8 Å². The normalized spacial score (nSPS) is 16.3. The molecule has 0 aliphatic carbocycles. The number of hydrogen-bond donors (Lipinski definition) is 1. The number of carbonyl (C=O) groups is 2. The maximum absolute atomic E-state index is 13.5. The number of benzene rings is 1. The molecule has 7 nitrogen and oxygen atoms in total. The molecule has 36 heavy (non-hydrogen) atoms. The number of allylic oxidation sites excluding steroid dienone is 1. The zero-order chi connectivity index (χ0) is 26.9. The lowest BCUT2D eigenvalue weighted by molar-refractivity contribution is -0.139. The molecule has 1 aliphatic rings.